The Balaban J connectivity index is 1.90. The fourth-order valence-corrected chi connectivity index (χ4v) is 1.52. The predicted molar refractivity (Wildman–Crippen MR) is 73.0 cm³/mol. The summed E-state index contributed by atoms with van der Waals surface area (Å²) >= 11 is 0. The molecule has 0 aliphatic rings. The predicted octanol–water partition coefficient (Wildman–Crippen LogP) is 3.15. The van der Waals surface area contributed by atoms with Crippen molar-refractivity contribution in [3.8, 4) is 0 Å². The van der Waals surface area contributed by atoms with E-state index in [0.29, 0.717) is 0 Å². The quantitative estimate of drug-likeness (QED) is 0.522. The second kappa shape index (κ2) is 8.97. The van der Waals surface area contributed by atoms with E-state index in [2.05, 4.69) is 24.0 Å². The van der Waals surface area contributed by atoms with E-state index in [0.717, 1.165) is 39.1 Å². The molecule has 0 amide bonds. The maximum atomic E-state index is 5.60. The number of hydrogen-bond acceptors (Lipinski definition) is 2. The van der Waals surface area contributed by atoms with Crippen LogP contribution in [0.3, 0.4) is 0 Å². The van der Waals surface area contributed by atoms with E-state index in [1.807, 2.05) is 25.1 Å². The number of hydrogen-bond donors (Lipinski definition) is 1. The minimum Gasteiger partial charge on any atom is -0.377 e. The smallest absolute Gasteiger partial charge is 0.0716 e. The van der Waals surface area contributed by atoms with E-state index in [1.54, 1.807) is 0 Å². The van der Waals surface area contributed by atoms with Gasteiger partial charge in [0.1, 0.15) is 0 Å². The Labute approximate surface area is 105 Å². The third-order valence-corrected chi connectivity index (χ3v) is 2.43. The van der Waals surface area contributed by atoms with Crippen LogP contribution in [-0.4, -0.2) is 19.7 Å². The lowest BCUT2D eigenvalue weighted by atomic mass is 10.2. The number of benzene rings is 1. The molecule has 0 bridgehead atoms. The van der Waals surface area contributed by atoms with E-state index < -0.39 is 0 Å². The first-order valence-corrected chi connectivity index (χ1v) is 6.26. The van der Waals surface area contributed by atoms with Gasteiger partial charge in [-0.15, -0.1) is 0 Å². The van der Waals surface area contributed by atoms with Gasteiger partial charge in [-0.1, -0.05) is 42.5 Å². The molecule has 94 valence electrons. The average molecular weight is 233 g/mol. The minimum absolute atomic E-state index is 0.722. The monoisotopic (exact) mass is 233 g/mol. The number of nitrogens with one attached hydrogen (secondary N) is 1. The zero-order valence-corrected chi connectivity index (χ0v) is 10.7. The van der Waals surface area contributed by atoms with Gasteiger partial charge >= 0.3 is 0 Å². The van der Waals surface area contributed by atoms with Gasteiger partial charge < -0.3 is 10.1 Å². The van der Waals surface area contributed by atoms with E-state index in [4.69, 9.17) is 4.74 Å². The molecule has 0 aliphatic heterocycles. The van der Waals surface area contributed by atoms with Gasteiger partial charge in [-0.2, -0.15) is 0 Å². The molecule has 1 aromatic rings. The summed E-state index contributed by atoms with van der Waals surface area (Å²) < 4.78 is 5.60. The van der Waals surface area contributed by atoms with Crippen LogP contribution in [0.4, 0.5) is 0 Å². The molecule has 17 heavy (non-hydrogen) atoms. The minimum atomic E-state index is 0.722. The summed E-state index contributed by atoms with van der Waals surface area (Å²) in [7, 11) is 0. The number of rotatable bonds is 9. The Morgan fingerprint density at radius 3 is 2.71 bits per heavy atom. The van der Waals surface area contributed by atoms with Crippen LogP contribution in [0.25, 0.3) is 0 Å². The van der Waals surface area contributed by atoms with E-state index in [1.165, 1.54) is 11.1 Å². The van der Waals surface area contributed by atoms with Crippen LogP contribution in [0, 0.1) is 0 Å². The molecule has 0 saturated carbocycles. The zero-order valence-electron chi connectivity index (χ0n) is 10.7. The second-order valence-electron chi connectivity index (χ2n) is 4.38. The van der Waals surface area contributed by atoms with Gasteiger partial charge in [-0.25, -0.2) is 0 Å². The molecule has 0 atom stereocenters. The highest BCUT2D eigenvalue weighted by Crippen LogP contribution is 2.01. The molecular weight excluding hydrogens is 210 g/mol. The fraction of sp³-hybridized carbons (Fsp3) is 0.467. The largest absolute Gasteiger partial charge is 0.377 e. The lowest BCUT2D eigenvalue weighted by Crippen LogP contribution is -2.17. The van der Waals surface area contributed by atoms with Gasteiger partial charge in [0, 0.05) is 13.2 Å². The second-order valence-corrected chi connectivity index (χ2v) is 4.38. The van der Waals surface area contributed by atoms with E-state index >= 15 is 0 Å². The maximum Gasteiger partial charge on any atom is 0.0716 e. The summed E-state index contributed by atoms with van der Waals surface area (Å²) in [6.07, 6.45) is 2.26. The molecule has 1 rings (SSSR count). The topological polar surface area (TPSA) is 21.3 Å². The van der Waals surface area contributed by atoms with Gasteiger partial charge in [-0.05, 0) is 31.9 Å². The SMILES string of the molecule is C=C(C)CNCCCCOCc1ccccc1. The first-order valence-electron chi connectivity index (χ1n) is 6.26. The summed E-state index contributed by atoms with van der Waals surface area (Å²) in [5.41, 5.74) is 2.43. The highest BCUT2D eigenvalue weighted by Gasteiger charge is 1.92. The Morgan fingerprint density at radius 2 is 2.00 bits per heavy atom. The van der Waals surface area contributed by atoms with Crippen molar-refractivity contribution in [1.82, 2.24) is 5.32 Å². The van der Waals surface area contributed by atoms with Crippen LogP contribution >= 0.6 is 0 Å². The van der Waals surface area contributed by atoms with Crippen LogP contribution < -0.4 is 5.32 Å². The first-order chi connectivity index (χ1) is 8.29. The number of unbranched alkanes of at least 4 members (excludes halogenated alkanes) is 1. The van der Waals surface area contributed by atoms with Gasteiger partial charge in [0.15, 0.2) is 0 Å². The Kier molecular flexibility index (Phi) is 7.35. The maximum absolute atomic E-state index is 5.60. The average Bonchev–Trinajstić information content (AvgIpc) is 2.33. The highest BCUT2D eigenvalue weighted by atomic mass is 16.5. The van der Waals surface area contributed by atoms with Crippen LogP contribution in [0.5, 0.6) is 0 Å². The normalized spacial score (nSPS) is 10.4. The molecule has 2 nitrogen and oxygen atoms in total. The fourth-order valence-electron chi connectivity index (χ4n) is 1.52. The molecule has 0 spiro atoms. The van der Waals surface area contributed by atoms with Crippen LogP contribution in [0.15, 0.2) is 42.5 Å². The molecule has 1 N–H and O–H groups in total. The highest BCUT2D eigenvalue weighted by molar-refractivity contribution is 5.13. The van der Waals surface area contributed by atoms with Gasteiger partial charge in [0.05, 0.1) is 6.61 Å². The van der Waals surface area contributed by atoms with Crippen molar-refractivity contribution >= 4 is 0 Å². The van der Waals surface area contributed by atoms with Crippen molar-refractivity contribution in [3.63, 3.8) is 0 Å². The molecule has 0 aliphatic carbocycles. The molecule has 0 heterocycles. The lowest BCUT2D eigenvalue weighted by Gasteiger charge is -2.05. The standard InChI is InChI=1S/C15H23NO/c1-14(2)12-16-10-6-7-11-17-13-15-8-4-3-5-9-15/h3-5,8-9,16H,1,6-7,10-13H2,2H3. The van der Waals surface area contributed by atoms with Crippen LogP contribution in [0.2, 0.25) is 0 Å². The lowest BCUT2D eigenvalue weighted by molar-refractivity contribution is 0.117. The van der Waals surface area contributed by atoms with Crippen molar-refractivity contribution in [2.24, 2.45) is 0 Å². The van der Waals surface area contributed by atoms with Crippen molar-refractivity contribution in [2.75, 3.05) is 19.7 Å². The molecule has 1 aromatic carbocycles. The van der Waals surface area contributed by atoms with Gasteiger partial charge in [0.2, 0.25) is 0 Å². The molecule has 0 saturated heterocycles. The molecule has 0 radical (unpaired) electrons. The molecule has 0 unspecified atom stereocenters. The Hall–Kier alpha value is -1.12. The van der Waals surface area contributed by atoms with Crippen LogP contribution in [0.1, 0.15) is 25.3 Å². The molecular formula is C15H23NO. The Bertz CT molecular complexity index is 308. The summed E-state index contributed by atoms with van der Waals surface area (Å²) in [5, 5.41) is 3.34. The van der Waals surface area contributed by atoms with Gasteiger partial charge in [0.25, 0.3) is 0 Å². The van der Waals surface area contributed by atoms with Crippen LogP contribution in [-0.2, 0) is 11.3 Å². The molecule has 0 fully saturated rings. The first kappa shape index (κ1) is 13.9. The summed E-state index contributed by atoms with van der Waals surface area (Å²) in [5.74, 6) is 0. The third-order valence-electron chi connectivity index (χ3n) is 2.43. The van der Waals surface area contributed by atoms with Crippen molar-refractivity contribution in [2.45, 2.75) is 26.4 Å². The molecule has 2 heteroatoms. The third kappa shape index (κ3) is 7.72. The number of ether oxygens (including phenoxy) is 1. The summed E-state index contributed by atoms with van der Waals surface area (Å²) in [4.78, 5) is 0. The molecule has 0 aromatic heterocycles. The summed E-state index contributed by atoms with van der Waals surface area (Å²) in [6.45, 7) is 9.41. The zero-order chi connectivity index (χ0) is 12.3. The van der Waals surface area contributed by atoms with Crippen molar-refractivity contribution in [3.05, 3.63) is 48.0 Å². The van der Waals surface area contributed by atoms with E-state index in [-0.39, 0.29) is 0 Å². The van der Waals surface area contributed by atoms with Crippen molar-refractivity contribution in [1.29, 1.82) is 0 Å². The van der Waals surface area contributed by atoms with Gasteiger partial charge in [-0.3, -0.25) is 0 Å². The van der Waals surface area contributed by atoms with Crippen molar-refractivity contribution < 1.29 is 4.74 Å². The summed E-state index contributed by atoms with van der Waals surface area (Å²) in [6, 6.07) is 10.3. The van der Waals surface area contributed by atoms with E-state index in [9.17, 15) is 0 Å². The Morgan fingerprint density at radius 1 is 1.24 bits per heavy atom.